The number of rotatable bonds is 4. The van der Waals surface area contributed by atoms with E-state index in [4.69, 9.17) is 5.11 Å². The van der Waals surface area contributed by atoms with E-state index in [9.17, 15) is 9.59 Å². The zero-order valence-electron chi connectivity index (χ0n) is 12.6. The molecule has 2 aromatic heterocycles. The second-order valence-corrected chi connectivity index (χ2v) is 5.67. The first-order valence-corrected chi connectivity index (χ1v) is 7.61. The monoisotopic (exact) mass is 314 g/mol. The molecular weight excluding hydrogens is 296 g/mol. The van der Waals surface area contributed by atoms with E-state index in [1.54, 1.807) is 46.2 Å². The lowest BCUT2D eigenvalue weighted by Crippen LogP contribution is -2.39. The highest BCUT2D eigenvalue weighted by Crippen LogP contribution is 2.21. The van der Waals surface area contributed by atoms with Gasteiger partial charge in [-0.05, 0) is 37.0 Å². The van der Waals surface area contributed by atoms with E-state index in [0.717, 1.165) is 12.8 Å². The molecule has 0 saturated carbocycles. The van der Waals surface area contributed by atoms with Gasteiger partial charge in [-0.2, -0.15) is 5.10 Å². The summed E-state index contributed by atoms with van der Waals surface area (Å²) in [5.41, 5.74) is 0.384. The molecule has 1 saturated heterocycles. The molecule has 2 aromatic rings. The standard InChI is InChI=1S/C16H18N4O3/c21-15(22)11-12-5-9-19(10-6-12)16(23)13-3-1-4-14(18-13)20-8-2-7-17-20/h1-4,7-8,12H,5-6,9-11H2,(H,21,22). The number of hydrogen-bond acceptors (Lipinski definition) is 4. The molecule has 7 heteroatoms. The van der Waals surface area contributed by atoms with Crippen molar-refractivity contribution >= 4 is 11.9 Å². The van der Waals surface area contributed by atoms with Crippen LogP contribution in [-0.2, 0) is 4.79 Å². The number of amides is 1. The predicted octanol–water partition coefficient (Wildman–Crippen LogP) is 1.59. The van der Waals surface area contributed by atoms with Gasteiger partial charge in [-0.1, -0.05) is 6.07 Å². The number of carboxylic acids is 1. The number of piperidine rings is 1. The zero-order valence-corrected chi connectivity index (χ0v) is 12.6. The summed E-state index contributed by atoms with van der Waals surface area (Å²) < 4.78 is 1.61. The first-order chi connectivity index (χ1) is 11.1. The number of carbonyl (C=O) groups is 2. The lowest BCUT2D eigenvalue weighted by atomic mass is 9.93. The molecule has 23 heavy (non-hydrogen) atoms. The van der Waals surface area contributed by atoms with Crippen LogP contribution in [0.3, 0.4) is 0 Å². The molecule has 0 aliphatic carbocycles. The molecular formula is C16H18N4O3. The third-order valence-electron chi connectivity index (χ3n) is 4.06. The SMILES string of the molecule is O=C(O)CC1CCN(C(=O)c2cccc(-n3cccn3)n2)CC1. The minimum atomic E-state index is -0.775. The van der Waals surface area contributed by atoms with Gasteiger partial charge in [0.05, 0.1) is 0 Å². The summed E-state index contributed by atoms with van der Waals surface area (Å²) in [6, 6.07) is 7.07. The maximum absolute atomic E-state index is 12.6. The van der Waals surface area contributed by atoms with Gasteiger partial charge in [-0.15, -0.1) is 0 Å². The Morgan fingerprint density at radius 3 is 2.65 bits per heavy atom. The van der Waals surface area contributed by atoms with Crippen molar-refractivity contribution in [2.24, 2.45) is 5.92 Å². The highest BCUT2D eigenvalue weighted by molar-refractivity contribution is 5.92. The van der Waals surface area contributed by atoms with Crippen molar-refractivity contribution < 1.29 is 14.7 Å². The van der Waals surface area contributed by atoms with Crippen LogP contribution in [0.2, 0.25) is 0 Å². The molecule has 1 fully saturated rings. The topological polar surface area (TPSA) is 88.3 Å². The third kappa shape index (κ3) is 3.56. The van der Waals surface area contributed by atoms with E-state index in [1.807, 2.05) is 0 Å². The maximum Gasteiger partial charge on any atom is 0.303 e. The van der Waals surface area contributed by atoms with Crippen LogP contribution in [0, 0.1) is 5.92 Å². The van der Waals surface area contributed by atoms with E-state index in [-0.39, 0.29) is 18.2 Å². The number of carboxylic acid groups (broad SMARTS) is 1. The summed E-state index contributed by atoms with van der Waals surface area (Å²) in [5, 5.41) is 13.0. The minimum Gasteiger partial charge on any atom is -0.481 e. The highest BCUT2D eigenvalue weighted by Gasteiger charge is 2.25. The van der Waals surface area contributed by atoms with Crippen LogP contribution in [-0.4, -0.2) is 49.7 Å². The Morgan fingerprint density at radius 2 is 2.00 bits per heavy atom. The summed E-state index contributed by atoms with van der Waals surface area (Å²) >= 11 is 0. The van der Waals surface area contributed by atoms with Gasteiger partial charge >= 0.3 is 5.97 Å². The zero-order chi connectivity index (χ0) is 16.2. The largest absolute Gasteiger partial charge is 0.481 e. The van der Waals surface area contributed by atoms with Crippen LogP contribution in [0.15, 0.2) is 36.7 Å². The van der Waals surface area contributed by atoms with Gasteiger partial charge in [0, 0.05) is 31.9 Å². The molecule has 120 valence electrons. The Hall–Kier alpha value is -2.70. The molecule has 3 heterocycles. The van der Waals surface area contributed by atoms with E-state index in [2.05, 4.69) is 10.1 Å². The molecule has 1 aliphatic rings. The molecule has 1 amide bonds. The number of aliphatic carboxylic acids is 1. The minimum absolute atomic E-state index is 0.118. The van der Waals surface area contributed by atoms with Crippen LogP contribution >= 0.6 is 0 Å². The van der Waals surface area contributed by atoms with Crippen LogP contribution in [0.1, 0.15) is 29.8 Å². The number of carbonyl (C=O) groups excluding carboxylic acids is 1. The van der Waals surface area contributed by atoms with Gasteiger partial charge in [0.15, 0.2) is 5.82 Å². The van der Waals surface area contributed by atoms with Crippen LogP contribution in [0.25, 0.3) is 5.82 Å². The lowest BCUT2D eigenvalue weighted by Gasteiger charge is -2.31. The molecule has 0 bridgehead atoms. The van der Waals surface area contributed by atoms with Gasteiger partial charge in [0.25, 0.3) is 5.91 Å². The normalized spacial score (nSPS) is 15.6. The first kappa shape index (κ1) is 15.2. The van der Waals surface area contributed by atoms with Crippen LogP contribution < -0.4 is 0 Å². The number of aromatic nitrogens is 3. The summed E-state index contributed by atoms with van der Waals surface area (Å²) in [6.07, 6.45) is 5.04. The van der Waals surface area contributed by atoms with Crippen molar-refractivity contribution in [3.8, 4) is 5.82 Å². The summed E-state index contributed by atoms with van der Waals surface area (Å²) in [4.78, 5) is 29.4. The van der Waals surface area contributed by atoms with Crippen molar-refractivity contribution in [3.05, 3.63) is 42.4 Å². The Kier molecular flexibility index (Phi) is 4.36. The Morgan fingerprint density at radius 1 is 1.22 bits per heavy atom. The molecule has 0 unspecified atom stereocenters. The second kappa shape index (κ2) is 6.60. The Labute approximate surface area is 133 Å². The molecule has 0 radical (unpaired) electrons. The van der Waals surface area contributed by atoms with Crippen molar-refractivity contribution in [2.45, 2.75) is 19.3 Å². The summed E-state index contributed by atoms with van der Waals surface area (Å²) in [6.45, 7) is 1.15. The fraction of sp³-hybridized carbons (Fsp3) is 0.375. The van der Waals surface area contributed by atoms with E-state index >= 15 is 0 Å². The average molecular weight is 314 g/mol. The Bertz CT molecular complexity index is 691. The average Bonchev–Trinajstić information content (AvgIpc) is 3.09. The second-order valence-electron chi connectivity index (χ2n) is 5.67. The quantitative estimate of drug-likeness (QED) is 0.926. The Balaban J connectivity index is 1.67. The summed E-state index contributed by atoms with van der Waals surface area (Å²) in [7, 11) is 0. The molecule has 0 atom stereocenters. The van der Waals surface area contributed by atoms with E-state index in [1.165, 1.54) is 0 Å². The molecule has 1 N–H and O–H groups in total. The first-order valence-electron chi connectivity index (χ1n) is 7.61. The predicted molar refractivity (Wildman–Crippen MR) is 82.2 cm³/mol. The lowest BCUT2D eigenvalue weighted by molar-refractivity contribution is -0.138. The maximum atomic E-state index is 12.6. The van der Waals surface area contributed by atoms with Gasteiger partial charge < -0.3 is 10.0 Å². The third-order valence-corrected chi connectivity index (χ3v) is 4.06. The van der Waals surface area contributed by atoms with Crippen molar-refractivity contribution in [1.82, 2.24) is 19.7 Å². The number of nitrogens with zero attached hydrogens (tertiary/aromatic N) is 4. The fourth-order valence-electron chi connectivity index (χ4n) is 2.82. The van der Waals surface area contributed by atoms with Crippen molar-refractivity contribution in [1.29, 1.82) is 0 Å². The van der Waals surface area contributed by atoms with E-state index < -0.39 is 5.97 Å². The van der Waals surface area contributed by atoms with Crippen LogP contribution in [0.5, 0.6) is 0 Å². The van der Waals surface area contributed by atoms with Gasteiger partial charge in [-0.25, -0.2) is 9.67 Å². The van der Waals surface area contributed by atoms with Crippen LogP contribution in [0.4, 0.5) is 0 Å². The van der Waals surface area contributed by atoms with E-state index in [0.29, 0.717) is 24.6 Å². The van der Waals surface area contributed by atoms with Crippen molar-refractivity contribution in [2.75, 3.05) is 13.1 Å². The molecule has 0 aromatic carbocycles. The molecule has 7 nitrogen and oxygen atoms in total. The number of pyridine rings is 1. The number of likely N-dealkylation sites (tertiary alicyclic amines) is 1. The molecule has 0 spiro atoms. The number of hydrogen-bond donors (Lipinski definition) is 1. The van der Waals surface area contributed by atoms with Crippen molar-refractivity contribution in [3.63, 3.8) is 0 Å². The highest BCUT2D eigenvalue weighted by atomic mass is 16.4. The molecule has 3 rings (SSSR count). The van der Waals surface area contributed by atoms with Gasteiger partial charge in [-0.3, -0.25) is 9.59 Å². The van der Waals surface area contributed by atoms with Gasteiger partial charge in [0.2, 0.25) is 0 Å². The summed E-state index contributed by atoms with van der Waals surface area (Å²) in [5.74, 6) is -0.141. The molecule has 1 aliphatic heterocycles. The smallest absolute Gasteiger partial charge is 0.303 e. The fourth-order valence-corrected chi connectivity index (χ4v) is 2.82. The van der Waals surface area contributed by atoms with Gasteiger partial charge in [0.1, 0.15) is 5.69 Å².